The molecule has 6 nitrogen and oxygen atoms in total. The zero-order valence-corrected chi connectivity index (χ0v) is 15.4. The summed E-state index contributed by atoms with van der Waals surface area (Å²) in [6, 6.07) is 7.41. The summed E-state index contributed by atoms with van der Waals surface area (Å²) in [6.45, 7) is 4.31. The van der Waals surface area contributed by atoms with Crippen molar-refractivity contribution in [2.24, 2.45) is 0 Å². The minimum absolute atomic E-state index is 0.141. The number of carbonyl (C=O) groups is 1. The fourth-order valence-corrected chi connectivity index (χ4v) is 3.58. The molecular formula is C16H14ClN5OS2. The van der Waals surface area contributed by atoms with Gasteiger partial charge in [-0.25, -0.2) is 4.98 Å². The second-order valence-electron chi connectivity index (χ2n) is 4.89. The maximum Gasteiger partial charge on any atom is 0.236 e. The number of aromatic nitrogens is 4. The number of anilines is 1. The van der Waals surface area contributed by atoms with Crippen molar-refractivity contribution in [3.63, 3.8) is 0 Å². The average molecular weight is 392 g/mol. The van der Waals surface area contributed by atoms with Gasteiger partial charge in [-0.2, -0.15) is 0 Å². The zero-order valence-electron chi connectivity index (χ0n) is 13.1. The van der Waals surface area contributed by atoms with Gasteiger partial charge in [0.25, 0.3) is 0 Å². The standard InChI is InChI=1S/C16H14ClN5OS2/c1-2-7-22-14(11-4-3-5-12(17)9-11)20-21-16(22)25-10-13(23)19-15-18-6-8-24-15/h2-6,8-9H,1,7,10H2,(H,18,19,23). The van der Waals surface area contributed by atoms with Crippen LogP contribution in [0, 0.1) is 0 Å². The molecule has 9 heteroatoms. The number of rotatable bonds is 7. The van der Waals surface area contributed by atoms with E-state index in [0.717, 1.165) is 5.56 Å². The minimum Gasteiger partial charge on any atom is -0.301 e. The number of allylic oxidation sites excluding steroid dienone is 1. The van der Waals surface area contributed by atoms with Crippen molar-refractivity contribution in [2.75, 3.05) is 11.1 Å². The van der Waals surface area contributed by atoms with Gasteiger partial charge in [0.2, 0.25) is 5.91 Å². The summed E-state index contributed by atoms with van der Waals surface area (Å²) in [7, 11) is 0. The van der Waals surface area contributed by atoms with Crippen LogP contribution in [0.5, 0.6) is 0 Å². The summed E-state index contributed by atoms with van der Waals surface area (Å²) in [5, 5.41) is 14.8. The molecule has 1 N–H and O–H groups in total. The van der Waals surface area contributed by atoms with Crippen LogP contribution < -0.4 is 5.32 Å². The number of nitrogens with one attached hydrogen (secondary N) is 1. The first-order valence-corrected chi connectivity index (χ1v) is 9.54. The van der Waals surface area contributed by atoms with Crippen LogP contribution in [-0.4, -0.2) is 31.4 Å². The molecule has 25 heavy (non-hydrogen) atoms. The van der Waals surface area contributed by atoms with Crippen molar-refractivity contribution in [3.8, 4) is 11.4 Å². The van der Waals surface area contributed by atoms with Gasteiger partial charge in [0.15, 0.2) is 16.1 Å². The zero-order chi connectivity index (χ0) is 17.6. The molecule has 0 radical (unpaired) electrons. The number of thioether (sulfide) groups is 1. The molecule has 0 aliphatic heterocycles. The first-order valence-electron chi connectivity index (χ1n) is 7.29. The molecule has 0 fully saturated rings. The monoisotopic (exact) mass is 391 g/mol. The number of nitrogens with zero attached hydrogens (tertiary/aromatic N) is 4. The fourth-order valence-electron chi connectivity index (χ4n) is 2.10. The highest BCUT2D eigenvalue weighted by molar-refractivity contribution is 7.99. The number of hydrogen-bond acceptors (Lipinski definition) is 6. The SMILES string of the molecule is C=CCn1c(SCC(=O)Nc2nccs2)nnc1-c1cccc(Cl)c1. The fraction of sp³-hybridized carbons (Fsp3) is 0.125. The lowest BCUT2D eigenvalue weighted by molar-refractivity contribution is -0.113. The Kier molecular flexibility index (Phi) is 5.85. The molecule has 3 aromatic rings. The van der Waals surface area contributed by atoms with Gasteiger partial charge in [-0.15, -0.1) is 28.1 Å². The molecular weight excluding hydrogens is 378 g/mol. The van der Waals surface area contributed by atoms with Crippen LogP contribution in [0.2, 0.25) is 5.02 Å². The van der Waals surface area contributed by atoms with Gasteiger partial charge in [-0.3, -0.25) is 9.36 Å². The Morgan fingerprint density at radius 3 is 3.04 bits per heavy atom. The van der Waals surface area contributed by atoms with Gasteiger partial charge >= 0.3 is 0 Å². The first-order chi connectivity index (χ1) is 12.2. The van der Waals surface area contributed by atoms with Crippen molar-refractivity contribution in [1.82, 2.24) is 19.7 Å². The van der Waals surface area contributed by atoms with Crippen molar-refractivity contribution in [3.05, 3.63) is 53.5 Å². The lowest BCUT2D eigenvalue weighted by Crippen LogP contribution is -2.14. The molecule has 0 aliphatic rings. The van der Waals surface area contributed by atoms with Crippen molar-refractivity contribution in [1.29, 1.82) is 0 Å². The number of benzene rings is 1. The van der Waals surface area contributed by atoms with Crippen LogP contribution >= 0.6 is 34.7 Å². The van der Waals surface area contributed by atoms with E-state index in [1.165, 1.54) is 23.1 Å². The molecule has 2 aromatic heterocycles. The van der Waals surface area contributed by atoms with Gasteiger partial charge < -0.3 is 5.32 Å². The average Bonchev–Trinajstić information content (AvgIpc) is 3.23. The Morgan fingerprint density at radius 2 is 2.32 bits per heavy atom. The number of hydrogen-bond donors (Lipinski definition) is 1. The number of carbonyl (C=O) groups excluding carboxylic acids is 1. The highest BCUT2D eigenvalue weighted by atomic mass is 35.5. The molecule has 0 atom stereocenters. The quantitative estimate of drug-likeness (QED) is 0.487. The molecule has 128 valence electrons. The lowest BCUT2D eigenvalue weighted by Gasteiger charge is -2.08. The number of halogens is 1. The molecule has 3 rings (SSSR count). The maximum absolute atomic E-state index is 12.0. The summed E-state index contributed by atoms with van der Waals surface area (Å²) in [5.74, 6) is 0.757. The first kappa shape index (κ1) is 17.7. The van der Waals surface area contributed by atoms with Crippen molar-refractivity contribution in [2.45, 2.75) is 11.7 Å². The summed E-state index contributed by atoms with van der Waals surface area (Å²) in [4.78, 5) is 16.0. The van der Waals surface area contributed by atoms with Crippen LogP contribution in [0.1, 0.15) is 0 Å². The number of amides is 1. The molecule has 0 spiro atoms. The Bertz CT molecular complexity index is 879. The summed E-state index contributed by atoms with van der Waals surface area (Å²) in [6.07, 6.45) is 3.41. The Hall–Kier alpha value is -2.16. The molecule has 0 saturated heterocycles. The third kappa shape index (κ3) is 4.47. The van der Waals surface area contributed by atoms with Crippen LogP contribution in [0.3, 0.4) is 0 Å². The molecule has 2 heterocycles. The highest BCUT2D eigenvalue weighted by Crippen LogP contribution is 2.26. The maximum atomic E-state index is 12.0. The summed E-state index contributed by atoms with van der Waals surface area (Å²) >= 11 is 8.75. The van der Waals surface area contributed by atoms with E-state index in [-0.39, 0.29) is 11.7 Å². The van der Waals surface area contributed by atoms with Gasteiger partial charge in [-0.05, 0) is 12.1 Å². The van der Waals surface area contributed by atoms with E-state index in [2.05, 4.69) is 27.1 Å². The van der Waals surface area contributed by atoms with Gasteiger partial charge in [0.1, 0.15) is 0 Å². The van der Waals surface area contributed by atoms with E-state index in [1.54, 1.807) is 23.7 Å². The second kappa shape index (κ2) is 8.28. The van der Waals surface area contributed by atoms with Gasteiger partial charge in [0.05, 0.1) is 5.75 Å². The van der Waals surface area contributed by atoms with E-state index in [0.29, 0.717) is 27.7 Å². The van der Waals surface area contributed by atoms with Crippen LogP contribution in [-0.2, 0) is 11.3 Å². The van der Waals surface area contributed by atoms with E-state index in [1.807, 2.05) is 22.8 Å². The predicted octanol–water partition coefficient (Wildman–Crippen LogP) is 3.97. The topological polar surface area (TPSA) is 72.7 Å². The van der Waals surface area contributed by atoms with E-state index in [4.69, 9.17) is 11.6 Å². The largest absolute Gasteiger partial charge is 0.301 e. The van der Waals surface area contributed by atoms with Crippen LogP contribution in [0.15, 0.2) is 53.7 Å². The van der Waals surface area contributed by atoms with Crippen LogP contribution in [0.25, 0.3) is 11.4 Å². The molecule has 0 bridgehead atoms. The lowest BCUT2D eigenvalue weighted by atomic mass is 10.2. The smallest absolute Gasteiger partial charge is 0.236 e. The Balaban J connectivity index is 1.75. The van der Waals surface area contributed by atoms with Crippen LogP contribution in [0.4, 0.5) is 5.13 Å². The van der Waals surface area contributed by atoms with E-state index in [9.17, 15) is 4.79 Å². The van der Waals surface area contributed by atoms with E-state index < -0.39 is 0 Å². The molecule has 0 unspecified atom stereocenters. The molecule has 0 aliphatic carbocycles. The summed E-state index contributed by atoms with van der Waals surface area (Å²) in [5.41, 5.74) is 0.862. The minimum atomic E-state index is -0.141. The van der Waals surface area contributed by atoms with Gasteiger partial charge in [-0.1, -0.05) is 41.6 Å². The number of thiazole rings is 1. The molecule has 0 saturated carbocycles. The van der Waals surface area contributed by atoms with E-state index >= 15 is 0 Å². The second-order valence-corrected chi connectivity index (χ2v) is 7.16. The van der Waals surface area contributed by atoms with Crippen molar-refractivity contribution < 1.29 is 4.79 Å². The highest BCUT2D eigenvalue weighted by Gasteiger charge is 2.15. The molecule has 1 amide bonds. The Labute approximate surface area is 158 Å². The molecule has 1 aromatic carbocycles. The summed E-state index contributed by atoms with van der Waals surface area (Å²) < 4.78 is 1.90. The normalized spacial score (nSPS) is 10.6. The third-order valence-corrected chi connectivity index (χ3v) is 5.01. The predicted molar refractivity (Wildman–Crippen MR) is 102 cm³/mol. The third-order valence-electron chi connectivity index (χ3n) is 3.12. The van der Waals surface area contributed by atoms with Gasteiger partial charge in [0, 0.05) is 28.7 Å². The van der Waals surface area contributed by atoms with Crippen molar-refractivity contribution >= 4 is 45.7 Å². The Morgan fingerprint density at radius 1 is 1.44 bits per heavy atom.